The van der Waals surface area contributed by atoms with Crippen molar-refractivity contribution in [3.8, 4) is 0 Å². The molecule has 1 N–H and O–H groups in total. The molecule has 0 saturated heterocycles. The first-order valence-electron chi connectivity index (χ1n) is 8.13. The Labute approximate surface area is 130 Å². The molecule has 0 amide bonds. The molecule has 2 saturated carbocycles. The second-order valence-electron chi connectivity index (χ2n) is 6.82. The lowest BCUT2D eigenvalue weighted by atomic mass is 9.85. The van der Waals surface area contributed by atoms with Crippen molar-refractivity contribution in [1.29, 1.82) is 0 Å². The normalized spacial score (nSPS) is 25.8. The average molecular weight is 310 g/mol. The summed E-state index contributed by atoms with van der Waals surface area (Å²) in [6.45, 7) is 3.86. The highest BCUT2D eigenvalue weighted by Gasteiger charge is 2.23. The van der Waals surface area contributed by atoms with Crippen molar-refractivity contribution in [1.82, 2.24) is 9.78 Å². The van der Waals surface area contributed by atoms with E-state index < -0.39 is 0 Å². The highest BCUT2D eigenvalue weighted by Crippen LogP contribution is 2.31. The summed E-state index contributed by atoms with van der Waals surface area (Å²) in [7, 11) is 0. The van der Waals surface area contributed by atoms with Crippen molar-refractivity contribution < 1.29 is 0 Å². The van der Waals surface area contributed by atoms with Gasteiger partial charge in [0.1, 0.15) is 5.69 Å². The van der Waals surface area contributed by atoms with Crippen LogP contribution in [0.5, 0.6) is 0 Å². The van der Waals surface area contributed by atoms with Gasteiger partial charge in [0.05, 0.1) is 11.2 Å². The van der Waals surface area contributed by atoms with Crippen LogP contribution in [0.3, 0.4) is 0 Å². The number of nitrogens with one attached hydrogen (secondary N) is 1. The van der Waals surface area contributed by atoms with Gasteiger partial charge in [-0.15, -0.1) is 0 Å². The average Bonchev–Trinajstić information content (AvgIpc) is 2.81. The first kappa shape index (κ1) is 14.9. The lowest BCUT2D eigenvalue weighted by Crippen LogP contribution is -2.31. The van der Waals surface area contributed by atoms with Gasteiger partial charge in [-0.1, -0.05) is 31.4 Å². The van der Waals surface area contributed by atoms with Crippen LogP contribution >= 0.6 is 11.6 Å². The zero-order valence-electron chi connectivity index (χ0n) is 12.6. The van der Waals surface area contributed by atoms with Crippen LogP contribution in [0.2, 0.25) is 5.02 Å². The van der Waals surface area contributed by atoms with E-state index in [9.17, 15) is 4.79 Å². The molecule has 1 aromatic heterocycles. The molecule has 0 spiro atoms. The third kappa shape index (κ3) is 3.42. The van der Waals surface area contributed by atoms with E-state index in [-0.39, 0.29) is 5.56 Å². The van der Waals surface area contributed by atoms with Gasteiger partial charge >= 0.3 is 0 Å². The fraction of sp³-hybridized carbons (Fsp3) is 0.750. The number of halogens is 1. The predicted molar refractivity (Wildman–Crippen MR) is 85.8 cm³/mol. The maximum Gasteiger partial charge on any atom is 0.291 e. The molecule has 2 unspecified atom stereocenters. The summed E-state index contributed by atoms with van der Waals surface area (Å²) in [6.07, 6.45) is 9.07. The minimum absolute atomic E-state index is 0.0690. The summed E-state index contributed by atoms with van der Waals surface area (Å²) in [6, 6.07) is 0. The zero-order valence-corrected chi connectivity index (χ0v) is 13.4. The number of aromatic nitrogens is 2. The minimum Gasteiger partial charge on any atom is -0.379 e. The van der Waals surface area contributed by atoms with Gasteiger partial charge in [-0.05, 0) is 43.4 Å². The molecule has 2 aliphatic carbocycles. The third-order valence-corrected chi connectivity index (χ3v) is 5.31. The molecule has 0 bridgehead atoms. The fourth-order valence-electron chi connectivity index (χ4n) is 3.44. The molecular formula is C16H24ClN3O. The Morgan fingerprint density at radius 2 is 2.14 bits per heavy atom. The summed E-state index contributed by atoms with van der Waals surface area (Å²) >= 11 is 6.16. The van der Waals surface area contributed by atoms with Gasteiger partial charge in [0.25, 0.3) is 5.56 Å². The maximum atomic E-state index is 12.5. The molecule has 2 atom stereocenters. The van der Waals surface area contributed by atoms with Gasteiger partial charge in [-0.25, -0.2) is 4.68 Å². The van der Waals surface area contributed by atoms with Crippen LogP contribution < -0.4 is 10.9 Å². The van der Waals surface area contributed by atoms with E-state index in [1.165, 1.54) is 38.5 Å². The number of rotatable bonds is 5. The smallest absolute Gasteiger partial charge is 0.291 e. The first-order valence-corrected chi connectivity index (χ1v) is 8.50. The molecule has 21 heavy (non-hydrogen) atoms. The van der Waals surface area contributed by atoms with E-state index >= 15 is 0 Å². The van der Waals surface area contributed by atoms with Crippen LogP contribution in [0.15, 0.2) is 11.0 Å². The standard InChI is InChI=1S/C16H24ClN3O/c1-11-5-6-13(7-11)8-18-15-14(17)9-19-20(16(15)21)10-12-3-2-4-12/h9,11-13,18H,2-8,10H2,1H3. The monoisotopic (exact) mass is 309 g/mol. The Morgan fingerprint density at radius 3 is 2.76 bits per heavy atom. The van der Waals surface area contributed by atoms with Crippen molar-refractivity contribution in [3.63, 3.8) is 0 Å². The minimum atomic E-state index is -0.0690. The summed E-state index contributed by atoms with van der Waals surface area (Å²) < 4.78 is 1.58. The Morgan fingerprint density at radius 1 is 1.33 bits per heavy atom. The topological polar surface area (TPSA) is 46.9 Å². The Bertz CT molecular complexity index is 553. The molecule has 2 aliphatic rings. The molecule has 0 aliphatic heterocycles. The van der Waals surface area contributed by atoms with E-state index in [2.05, 4.69) is 17.3 Å². The summed E-state index contributed by atoms with van der Waals surface area (Å²) in [5.41, 5.74) is 0.464. The van der Waals surface area contributed by atoms with Crippen molar-refractivity contribution in [2.75, 3.05) is 11.9 Å². The largest absolute Gasteiger partial charge is 0.379 e. The van der Waals surface area contributed by atoms with Gasteiger partial charge in [0.15, 0.2) is 0 Å². The molecule has 1 aromatic rings. The number of hydrogen-bond donors (Lipinski definition) is 1. The molecule has 5 heteroatoms. The third-order valence-electron chi connectivity index (χ3n) is 5.02. The number of nitrogens with zero attached hydrogens (tertiary/aromatic N) is 2. The molecule has 0 radical (unpaired) electrons. The molecule has 2 fully saturated rings. The molecule has 4 nitrogen and oxygen atoms in total. The lowest BCUT2D eigenvalue weighted by Gasteiger charge is -2.25. The summed E-state index contributed by atoms with van der Waals surface area (Å²) in [5.74, 6) is 2.07. The molecule has 116 valence electrons. The highest BCUT2D eigenvalue weighted by atomic mass is 35.5. The molecule has 0 aromatic carbocycles. The lowest BCUT2D eigenvalue weighted by molar-refractivity contribution is 0.262. The van der Waals surface area contributed by atoms with Crippen molar-refractivity contribution >= 4 is 17.3 Å². The SMILES string of the molecule is CC1CCC(CNc2c(Cl)cnn(CC3CCC3)c2=O)C1. The van der Waals surface area contributed by atoms with Crippen LogP contribution in [-0.2, 0) is 6.54 Å². The van der Waals surface area contributed by atoms with Gasteiger partial charge in [-0.2, -0.15) is 5.10 Å². The van der Waals surface area contributed by atoms with E-state index in [1.807, 2.05) is 0 Å². The maximum absolute atomic E-state index is 12.5. The molecule has 3 rings (SSSR count). The molecular weight excluding hydrogens is 286 g/mol. The van der Waals surface area contributed by atoms with E-state index in [4.69, 9.17) is 11.6 Å². The van der Waals surface area contributed by atoms with E-state index in [0.29, 0.717) is 22.5 Å². The van der Waals surface area contributed by atoms with E-state index in [1.54, 1.807) is 10.9 Å². The number of anilines is 1. The van der Waals surface area contributed by atoms with Crippen LogP contribution in [-0.4, -0.2) is 16.3 Å². The zero-order chi connectivity index (χ0) is 14.8. The van der Waals surface area contributed by atoms with Crippen LogP contribution in [0.25, 0.3) is 0 Å². The quantitative estimate of drug-likeness (QED) is 0.905. The second kappa shape index (κ2) is 6.39. The first-order chi connectivity index (χ1) is 10.1. The van der Waals surface area contributed by atoms with Gasteiger partial charge in [0, 0.05) is 13.1 Å². The highest BCUT2D eigenvalue weighted by molar-refractivity contribution is 6.32. The van der Waals surface area contributed by atoms with E-state index in [0.717, 1.165) is 19.0 Å². The van der Waals surface area contributed by atoms with Gasteiger partial charge in [0.2, 0.25) is 0 Å². The Balaban J connectivity index is 1.68. The van der Waals surface area contributed by atoms with Crippen molar-refractivity contribution in [2.45, 2.75) is 52.0 Å². The van der Waals surface area contributed by atoms with Crippen molar-refractivity contribution in [2.24, 2.45) is 17.8 Å². The van der Waals surface area contributed by atoms with Crippen LogP contribution in [0.1, 0.15) is 45.4 Å². The van der Waals surface area contributed by atoms with Crippen molar-refractivity contribution in [3.05, 3.63) is 21.6 Å². The molecule has 1 heterocycles. The van der Waals surface area contributed by atoms with Gasteiger partial charge in [-0.3, -0.25) is 4.79 Å². The second-order valence-corrected chi connectivity index (χ2v) is 7.22. The number of hydrogen-bond acceptors (Lipinski definition) is 3. The fourth-order valence-corrected chi connectivity index (χ4v) is 3.63. The predicted octanol–water partition coefficient (Wildman–Crippen LogP) is 3.54. The Kier molecular flexibility index (Phi) is 4.53. The Hall–Kier alpha value is -1.03. The van der Waals surface area contributed by atoms with Crippen LogP contribution in [0, 0.1) is 17.8 Å². The van der Waals surface area contributed by atoms with Gasteiger partial charge < -0.3 is 5.32 Å². The summed E-state index contributed by atoms with van der Waals surface area (Å²) in [4.78, 5) is 12.5. The van der Waals surface area contributed by atoms with Crippen LogP contribution in [0.4, 0.5) is 5.69 Å². The summed E-state index contributed by atoms with van der Waals surface area (Å²) in [5, 5.41) is 7.91.